The molecule has 0 atom stereocenters. The molecule has 0 amide bonds. The molecule has 34 heavy (non-hydrogen) atoms. The van der Waals surface area contributed by atoms with Gasteiger partial charge in [0.2, 0.25) is 0 Å². The number of pyridine rings is 1. The standard InChI is InChI=1S/C27H25N7/c1-16(2)25-31-32-26-20(15-30)17(3)19(24(34(25)26)18(13-28)14-29)11-12-23-27(4,5)21-9-7-8-10-22(21)33(23)6/h7-12,16H,1-6H3/b19-11-,23-12+. The van der Waals surface area contributed by atoms with Crippen LogP contribution in [0.1, 0.15) is 56.1 Å². The third-order valence-corrected chi connectivity index (χ3v) is 6.61. The molecule has 3 aromatic rings. The lowest BCUT2D eigenvalue weighted by Crippen LogP contribution is -2.38. The van der Waals surface area contributed by atoms with Gasteiger partial charge in [0.05, 0.1) is 5.35 Å². The minimum atomic E-state index is -0.241. The van der Waals surface area contributed by atoms with E-state index in [4.69, 9.17) is 0 Å². The molecule has 0 saturated carbocycles. The number of para-hydroxylation sites is 1. The SMILES string of the molecule is Cc1c(C#N)c2nnc(C(C)C)n2c(=C(C#N)C#N)/c1=C\C=C1\N(C)c2ccccc2C1(C)C. The van der Waals surface area contributed by atoms with Crippen molar-refractivity contribution >= 4 is 23.0 Å². The van der Waals surface area contributed by atoms with E-state index in [0.29, 0.717) is 33.2 Å². The lowest BCUT2D eigenvalue weighted by Gasteiger charge is -2.23. The Hall–Kier alpha value is -4.41. The lowest BCUT2D eigenvalue weighted by molar-refractivity contribution is 0.641. The summed E-state index contributed by atoms with van der Waals surface area (Å²) in [5.74, 6) is 0.569. The molecule has 0 radical (unpaired) electrons. The molecule has 0 saturated heterocycles. The highest BCUT2D eigenvalue weighted by Crippen LogP contribution is 2.46. The van der Waals surface area contributed by atoms with Crippen molar-refractivity contribution in [3.05, 3.63) is 69.1 Å². The lowest BCUT2D eigenvalue weighted by atomic mass is 9.83. The maximum atomic E-state index is 9.95. The summed E-state index contributed by atoms with van der Waals surface area (Å²) in [6, 6.07) is 14.6. The summed E-state index contributed by atoms with van der Waals surface area (Å²) in [4.78, 5) is 2.15. The van der Waals surface area contributed by atoms with Crippen LogP contribution in [0, 0.1) is 40.9 Å². The Morgan fingerprint density at radius 2 is 1.74 bits per heavy atom. The fraction of sp³-hybridized carbons (Fsp3) is 0.296. The average molecular weight is 448 g/mol. The van der Waals surface area contributed by atoms with E-state index in [1.54, 1.807) is 4.40 Å². The molecular weight excluding hydrogens is 422 g/mol. The van der Waals surface area contributed by atoms with Gasteiger partial charge < -0.3 is 4.90 Å². The molecule has 1 aromatic carbocycles. The van der Waals surface area contributed by atoms with E-state index in [0.717, 1.165) is 11.4 Å². The Morgan fingerprint density at radius 1 is 1.06 bits per heavy atom. The van der Waals surface area contributed by atoms with E-state index in [1.807, 2.05) is 64.2 Å². The zero-order valence-electron chi connectivity index (χ0n) is 20.2. The molecule has 1 aliphatic rings. The molecule has 0 spiro atoms. The quantitative estimate of drug-likeness (QED) is 0.597. The molecular formula is C27H25N7. The normalized spacial score (nSPS) is 15.9. The van der Waals surface area contributed by atoms with E-state index in [2.05, 4.69) is 47.1 Å². The maximum absolute atomic E-state index is 9.95. The van der Waals surface area contributed by atoms with Gasteiger partial charge in [-0.3, -0.25) is 4.40 Å². The Balaban J connectivity index is 2.18. The first-order valence-electron chi connectivity index (χ1n) is 11.1. The number of nitriles is 3. The Kier molecular flexibility index (Phi) is 5.48. The molecule has 4 rings (SSSR count). The second-order valence-electron chi connectivity index (χ2n) is 9.26. The van der Waals surface area contributed by atoms with Crippen molar-refractivity contribution in [3.63, 3.8) is 0 Å². The van der Waals surface area contributed by atoms with Crippen molar-refractivity contribution in [2.75, 3.05) is 11.9 Å². The zero-order valence-corrected chi connectivity index (χ0v) is 20.2. The van der Waals surface area contributed by atoms with Gasteiger partial charge in [0, 0.05) is 35.0 Å². The molecule has 0 N–H and O–H groups in total. The van der Waals surface area contributed by atoms with Gasteiger partial charge in [-0.1, -0.05) is 52.0 Å². The molecule has 168 valence electrons. The molecule has 0 unspecified atom stereocenters. The molecule has 1 aliphatic heterocycles. The number of hydrogen-bond donors (Lipinski definition) is 0. The minimum Gasteiger partial charge on any atom is -0.347 e. The fourth-order valence-corrected chi connectivity index (χ4v) is 4.83. The number of nitrogens with zero attached hydrogens (tertiary/aromatic N) is 7. The molecule has 0 bridgehead atoms. The van der Waals surface area contributed by atoms with Crippen LogP contribution in [0.4, 0.5) is 5.69 Å². The number of aromatic nitrogens is 3. The minimum absolute atomic E-state index is 0.0257. The van der Waals surface area contributed by atoms with E-state index in [9.17, 15) is 15.8 Å². The van der Waals surface area contributed by atoms with Gasteiger partial charge in [-0.25, -0.2) is 0 Å². The summed E-state index contributed by atoms with van der Waals surface area (Å²) >= 11 is 0. The number of fused-ring (bicyclic) bond motifs is 2. The van der Waals surface area contributed by atoms with Gasteiger partial charge in [-0.05, 0) is 30.2 Å². The van der Waals surface area contributed by atoms with Crippen LogP contribution in [-0.2, 0) is 5.41 Å². The number of rotatable bonds is 2. The molecule has 2 aromatic heterocycles. The van der Waals surface area contributed by atoms with E-state index < -0.39 is 0 Å². The van der Waals surface area contributed by atoms with Crippen LogP contribution >= 0.6 is 0 Å². The van der Waals surface area contributed by atoms with Crippen LogP contribution in [0.5, 0.6) is 0 Å². The van der Waals surface area contributed by atoms with Crippen LogP contribution in [0.15, 0.2) is 36.0 Å². The third-order valence-electron chi connectivity index (χ3n) is 6.61. The molecule has 7 nitrogen and oxygen atoms in total. The predicted molar refractivity (Wildman–Crippen MR) is 131 cm³/mol. The predicted octanol–water partition coefficient (Wildman–Crippen LogP) is 3.32. The molecule has 3 heterocycles. The smallest absolute Gasteiger partial charge is 0.179 e. The van der Waals surface area contributed by atoms with Crippen molar-refractivity contribution in [1.29, 1.82) is 15.8 Å². The largest absolute Gasteiger partial charge is 0.347 e. The third kappa shape index (κ3) is 3.16. The number of likely N-dealkylation sites (N-methyl/N-ethyl adjacent to an activating group) is 1. The number of hydrogen-bond acceptors (Lipinski definition) is 6. The highest BCUT2D eigenvalue weighted by Gasteiger charge is 2.37. The van der Waals surface area contributed by atoms with Gasteiger partial charge >= 0.3 is 0 Å². The van der Waals surface area contributed by atoms with E-state index >= 15 is 0 Å². The van der Waals surface area contributed by atoms with E-state index in [-0.39, 0.29) is 16.9 Å². The van der Waals surface area contributed by atoms with Gasteiger partial charge in [0.25, 0.3) is 0 Å². The summed E-state index contributed by atoms with van der Waals surface area (Å²) in [7, 11) is 2.03. The van der Waals surface area contributed by atoms with Gasteiger partial charge in [0.1, 0.15) is 29.6 Å². The van der Waals surface area contributed by atoms with Crippen molar-refractivity contribution in [1.82, 2.24) is 14.6 Å². The summed E-state index contributed by atoms with van der Waals surface area (Å²) in [6.07, 6.45) is 3.92. The molecule has 0 fully saturated rings. The van der Waals surface area contributed by atoms with Gasteiger partial charge in [0.15, 0.2) is 11.2 Å². The van der Waals surface area contributed by atoms with Crippen molar-refractivity contribution < 1.29 is 0 Å². The van der Waals surface area contributed by atoms with Crippen LogP contribution < -0.4 is 15.5 Å². The maximum Gasteiger partial charge on any atom is 0.179 e. The Bertz CT molecular complexity index is 1600. The molecule has 7 heteroatoms. The first-order valence-corrected chi connectivity index (χ1v) is 11.1. The fourth-order valence-electron chi connectivity index (χ4n) is 4.83. The van der Waals surface area contributed by atoms with Gasteiger partial charge in [-0.15, -0.1) is 10.2 Å². The number of allylic oxidation sites excluding steroid dienone is 2. The second kappa shape index (κ2) is 8.18. The van der Waals surface area contributed by atoms with Crippen LogP contribution in [0.3, 0.4) is 0 Å². The monoisotopic (exact) mass is 447 g/mol. The number of anilines is 1. The Morgan fingerprint density at radius 3 is 2.32 bits per heavy atom. The summed E-state index contributed by atoms with van der Waals surface area (Å²) in [5.41, 5.74) is 4.54. The summed E-state index contributed by atoms with van der Waals surface area (Å²) < 4.78 is 1.70. The van der Waals surface area contributed by atoms with E-state index in [1.165, 1.54) is 5.56 Å². The van der Waals surface area contributed by atoms with Crippen LogP contribution in [0.2, 0.25) is 0 Å². The summed E-state index contributed by atoms with van der Waals surface area (Å²) in [6.45, 7) is 10.1. The first-order chi connectivity index (χ1) is 16.2. The van der Waals surface area contributed by atoms with Crippen molar-refractivity contribution in [2.24, 2.45) is 0 Å². The number of benzene rings is 1. The molecule has 0 aliphatic carbocycles. The topological polar surface area (TPSA) is 105 Å². The second-order valence-corrected chi connectivity index (χ2v) is 9.26. The highest BCUT2D eigenvalue weighted by atomic mass is 15.3. The first kappa shape index (κ1) is 22.8. The van der Waals surface area contributed by atoms with Crippen molar-refractivity contribution in [3.8, 4) is 18.2 Å². The van der Waals surface area contributed by atoms with Crippen LogP contribution in [0.25, 0.3) is 17.3 Å². The zero-order chi connectivity index (χ0) is 24.8. The van der Waals surface area contributed by atoms with Gasteiger partial charge in [-0.2, -0.15) is 15.8 Å². The Labute approximate surface area is 198 Å². The average Bonchev–Trinajstić information content (AvgIpc) is 3.32. The van der Waals surface area contributed by atoms with Crippen LogP contribution in [-0.4, -0.2) is 21.6 Å². The summed E-state index contributed by atoms with van der Waals surface area (Å²) in [5, 5.41) is 39.1. The highest BCUT2D eigenvalue weighted by molar-refractivity contribution is 5.75. The van der Waals surface area contributed by atoms with Crippen molar-refractivity contribution in [2.45, 2.75) is 46.0 Å².